The predicted octanol–water partition coefficient (Wildman–Crippen LogP) is 2.16. The summed E-state index contributed by atoms with van der Waals surface area (Å²) in [4.78, 5) is 35.1. The topological polar surface area (TPSA) is 89.8 Å². The van der Waals surface area contributed by atoms with E-state index in [0.717, 1.165) is 0 Å². The average molecular weight is 304 g/mol. The number of nitro benzene ring substituents is 1. The minimum Gasteiger partial charge on any atom is -0.456 e. The Morgan fingerprint density at radius 3 is 2.36 bits per heavy atom. The molecule has 7 nitrogen and oxygen atoms in total. The fourth-order valence-electron chi connectivity index (χ4n) is 2.07. The van der Waals surface area contributed by atoms with Crippen molar-refractivity contribution in [3.8, 4) is 0 Å². The van der Waals surface area contributed by atoms with E-state index in [1.807, 2.05) is 0 Å². The molecule has 116 valence electrons. The smallest absolute Gasteiger partial charge is 0.355 e. The van der Waals surface area contributed by atoms with Gasteiger partial charge in [-0.1, -0.05) is 0 Å². The highest BCUT2D eigenvalue weighted by atomic mass is 16.6. The Hall–Kier alpha value is -2.70. The summed E-state index contributed by atoms with van der Waals surface area (Å²) in [6, 6.07) is 5.76. The van der Waals surface area contributed by atoms with E-state index in [1.165, 1.54) is 29.2 Å². The number of hydrogen-bond acceptors (Lipinski definition) is 5. The van der Waals surface area contributed by atoms with E-state index in [0.29, 0.717) is 24.1 Å². The number of nitrogens with zero attached hydrogens (tertiary/aromatic N) is 2. The maximum Gasteiger partial charge on any atom is 0.355 e. The molecule has 7 heteroatoms. The minimum atomic E-state index is -0.564. The van der Waals surface area contributed by atoms with Gasteiger partial charge in [0.05, 0.1) is 4.92 Å². The fourth-order valence-corrected chi connectivity index (χ4v) is 2.07. The van der Waals surface area contributed by atoms with Crippen molar-refractivity contribution in [1.29, 1.82) is 0 Å². The molecular weight excluding hydrogens is 288 g/mol. The molecule has 0 unspecified atom stereocenters. The van der Waals surface area contributed by atoms with Gasteiger partial charge in [0.2, 0.25) is 5.91 Å². The maximum absolute atomic E-state index is 12.1. The van der Waals surface area contributed by atoms with Crippen LogP contribution in [0.25, 0.3) is 0 Å². The summed E-state index contributed by atoms with van der Waals surface area (Å²) in [5.41, 5.74) is 1.60. The number of hydrogen-bond donors (Lipinski definition) is 0. The number of benzene rings is 1. The molecule has 0 bridgehead atoms. The van der Waals surface area contributed by atoms with Crippen molar-refractivity contribution >= 4 is 17.6 Å². The molecular formula is C15H16N2O5. The standard InChI is InChI=1S/C15H16N2O5/c1-10(2)14(16-8-7-13(16)18)15(19)22-9-11-3-5-12(6-4-11)17(20)21/h3-6H,7-9H2,1-2H3. The minimum absolute atomic E-state index is 0.00433. The number of ether oxygens (including phenoxy) is 1. The molecule has 1 fully saturated rings. The highest BCUT2D eigenvalue weighted by Gasteiger charge is 2.32. The molecule has 1 aromatic rings. The highest BCUT2D eigenvalue weighted by molar-refractivity contribution is 5.96. The van der Waals surface area contributed by atoms with E-state index >= 15 is 0 Å². The number of allylic oxidation sites excluding steroid dienone is 1. The number of esters is 1. The largest absolute Gasteiger partial charge is 0.456 e. The zero-order chi connectivity index (χ0) is 16.3. The Morgan fingerprint density at radius 1 is 1.32 bits per heavy atom. The predicted molar refractivity (Wildman–Crippen MR) is 77.6 cm³/mol. The molecule has 0 N–H and O–H groups in total. The van der Waals surface area contributed by atoms with Crippen molar-refractivity contribution in [2.24, 2.45) is 0 Å². The van der Waals surface area contributed by atoms with E-state index < -0.39 is 10.9 Å². The molecule has 1 heterocycles. The van der Waals surface area contributed by atoms with Gasteiger partial charge in [-0.05, 0) is 37.1 Å². The molecule has 0 aromatic heterocycles. The molecule has 0 radical (unpaired) electrons. The normalized spacial score (nSPS) is 13.4. The molecule has 1 saturated heterocycles. The Morgan fingerprint density at radius 2 is 1.95 bits per heavy atom. The molecule has 22 heavy (non-hydrogen) atoms. The van der Waals surface area contributed by atoms with Crippen LogP contribution in [0.4, 0.5) is 5.69 Å². The van der Waals surface area contributed by atoms with E-state index in [-0.39, 0.29) is 23.9 Å². The van der Waals surface area contributed by atoms with Crippen LogP contribution in [0.3, 0.4) is 0 Å². The first-order valence-electron chi connectivity index (χ1n) is 6.78. The lowest BCUT2D eigenvalue weighted by atomic mass is 10.1. The summed E-state index contributed by atoms with van der Waals surface area (Å²) >= 11 is 0. The molecule has 2 rings (SSSR count). The fraction of sp³-hybridized carbons (Fsp3) is 0.333. The van der Waals surface area contributed by atoms with Gasteiger partial charge in [-0.25, -0.2) is 4.79 Å². The Labute approximate surface area is 127 Å². The van der Waals surface area contributed by atoms with Crippen LogP contribution in [0.15, 0.2) is 35.5 Å². The Kier molecular flexibility index (Phi) is 4.55. The summed E-state index contributed by atoms with van der Waals surface area (Å²) < 4.78 is 5.20. The molecule has 1 aliphatic heterocycles. The summed E-state index contributed by atoms with van der Waals surface area (Å²) in [5, 5.41) is 10.6. The maximum atomic E-state index is 12.1. The number of rotatable bonds is 5. The van der Waals surface area contributed by atoms with Gasteiger partial charge in [-0.15, -0.1) is 0 Å². The number of likely N-dealkylation sites (tertiary alicyclic amines) is 1. The summed E-state index contributed by atoms with van der Waals surface area (Å²) in [5.74, 6) is -0.658. The SMILES string of the molecule is CC(C)=C(C(=O)OCc1ccc([N+](=O)[O-])cc1)N1CCC1=O. The van der Waals surface area contributed by atoms with Crippen molar-refractivity contribution in [2.45, 2.75) is 26.9 Å². The number of β-lactam (4-membered cyclic amide) rings is 1. The van der Waals surface area contributed by atoms with Crippen LogP contribution in [0.2, 0.25) is 0 Å². The second-order valence-corrected chi connectivity index (χ2v) is 5.14. The van der Waals surface area contributed by atoms with Gasteiger partial charge in [0.15, 0.2) is 0 Å². The van der Waals surface area contributed by atoms with Crippen LogP contribution in [0.1, 0.15) is 25.8 Å². The number of non-ortho nitro benzene ring substituents is 1. The van der Waals surface area contributed by atoms with Crippen molar-refractivity contribution in [3.05, 3.63) is 51.2 Å². The summed E-state index contributed by atoms with van der Waals surface area (Å²) in [6.07, 6.45) is 0.437. The first kappa shape index (κ1) is 15.7. The lowest BCUT2D eigenvalue weighted by molar-refractivity contribution is -0.384. The van der Waals surface area contributed by atoms with Crippen LogP contribution < -0.4 is 0 Å². The molecule has 0 aliphatic carbocycles. The van der Waals surface area contributed by atoms with E-state index in [2.05, 4.69) is 0 Å². The van der Waals surface area contributed by atoms with Crippen LogP contribution in [0.5, 0.6) is 0 Å². The van der Waals surface area contributed by atoms with Crippen molar-refractivity contribution < 1.29 is 19.2 Å². The third-order valence-electron chi connectivity index (χ3n) is 3.30. The van der Waals surface area contributed by atoms with Gasteiger partial charge in [0, 0.05) is 25.1 Å². The summed E-state index contributed by atoms with van der Waals surface area (Å²) in [7, 11) is 0. The second kappa shape index (κ2) is 6.38. The van der Waals surface area contributed by atoms with Gasteiger partial charge in [0.1, 0.15) is 12.3 Å². The quantitative estimate of drug-likeness (QED) is 0.273. The van der Waals surface area contributed by atoms with Crippen molar-refractivity contribution in [2.75, 3.05) is 6.54 Å². The van der Waals surface area contributed by atoms with Gasteiger partial charge in [-0.3, -0.25) is 14.9 Å². The lowest BCUT2D eigenvalue weighted by Gasteiger charge is -2.32. The zero-order valence-corrected chi connectivity index (χ0v) is 12.4. The van der Waals surface area contributed by atoms with Crippen LogP contribution in [-0.4, -0.2) is 28.2 Å². The zero-order valence-electron chi connectivity index (χ0n) is 12.4. The monoisotopic (exact) mass is 304 g/mol. The number of nitro groups is 1. The lowest BCUT2D eigenvalue weighted by Crippen LogP contribution is -2.45. The van der Waals surface area contributed by atoms with E-state index in [9.17, 15) is 19.7 Å². The third-order valence-corrected chi connectivity index (χ3v) is 3.30. The van der Waals surface area contributed by atoms with Gasteiger partial charge in [-0.2, -0.15) is 0 Å². The second-order valence-electron chi connectivity index (χ2n) is 5.14. The molecule has 1 aliphatic rings. The number of carbonyl (C=O) groups is 2. The van der Waals surface area contributed by atoms with Crippen LogP contribution >= 0.6 is 0 Å². The van der Waals surface area contributed by atoms with Crippen LogP contribution in [-0.2, 0) is 20.9 Å². The van der Waals surface area contributed by atoms with Crippen LogP contribution in [0, 0.1) is 10.1 Å². The molecule has 0 atom stereocenters. The Balaban J connectivity index is 2.00. The first-order valence-corrected chi connectivity index (χ1v) is 6.78. The van der Waals surface area contributed by atoms with E-state index in [1.54, 1.807) is 13.8 Å². The van der Waals surface area contributed by atoms with Gasteiger partial charge < -0.3 is 9.64 Å². The molecule has 1 amide bonds. The molecule has 0 spiro atoms. The average Bonchev–Trinajstić information content (AvgIpc) is 2.48. The molecule has 1 aromatic carbocycles. The van der Waals surface area contributed by atoms with Crippen molar-refractivity contribution in [3.63, 3.8) is 0 Å². The number of carbonyl (C=O) groups excluding carboxylic acids is 2. The Bertz CT molecular complexity index is 644. The number of amides is 1. The summed E-state index contributed by atoms with van der Waals surface area (Å²) in [6.45, 7) is 4.00. The van der Waals surface area contributed by atoms with Gasteiger partial charge >= 0.3 is 5.97 Å². The highest BCUT2D eigenvalue weighted by Crippen LogP contribution is 2.21. The first-order chi connectivity index (χ1) is 10.4. The third kappa shape index (κ3) is 3.30. The van der Waals surface area contributed by atoms with Crippen molar-refractivity contribution in [1.82, 2.24) is 4.90 Å². The van der Waals surface area contributed by atoms with E-state index in [4.69, 9.17) is 4.74 Å². The van der Waals surface area contributed by atoms with Gasteiger partial charge in [0.25, 0.3) is 5.69 Å². The molecule has 0 saturated carbocycles.